The van der Waals surface area contributed by atoms with Crippen LogP contribution >= 0.6 is 35.0 Å². The SMILES string of the molecule is Cc1cccc(CSc2nc3cc(Cl)c(Cl)cc3n2C2O[C@H](CO)[C@@H](O)[C@H]2O)c1. The number of hydrogen-bond acceptors (Lipinski definition) is 6. The summed E-state index contributed by atoms with van der Waals surface area (Å²) in [5.74, 6) is 0.654. The number of aromatic nitrogens is 2. The van der Waals surface area contributed by atoms with Crippen LogP contribution in [0.5, 0.6) is 0 Å². The molecule has 2 heterocycles. The van der Waals surface area contributed by atoms with Crippen molar-refractivity contribution in [2.45, 2.75) is 42.4 Å². The molecule has 1 fully saturated rings. The minimum atomic E-state index is -1.22. The molecule has 0 amide bonds. The maximum atomic E-state index is 10.6. The number of hydrogen-bond donors (Lipinski definition) is 3. The van der Waals surface area contributed by atoms with Gasteiger partial charge in [-0.25, -0.2) is 4.98 Å². The van der Waals surface area contributed by atoms with E-state index in [1.54, 1.807) is 16.7 Å². The molecule has 0 saturated carbocycles. The minimum Gasteiger partial charge on any atom is -0.394 e. The second-order valence-corrected chi connectivity index (χ2v) is 8.78. The van der Waals surface area contributed by atoms with Crippen LogP contribution in [0.15, 0.2) is 41.6 Å². The molecule has 3 N–H and O–H groups in total. The molecule has 9 heteroatoms. The van der Waals surface area contributed by atoms with Gasteiger partial charge in [0, 0.05) is 5.75 Å². The van der Waals surface area contributed by atoms with Crippen LogP contribution in [-0.2, 0) is 10.5 Å². The van der Waals surface area contributed by atoms with E-state index in [0.29, 0.717) is 32.0 Å². The van der Waals surface area contributed by atoms with E-state index < -0.39 is 31.1 Å². The first kappa shape index (κ1) is 20.9. The van der Waals surface area contributed by atoms with E-state index in [1.807, 2.05) is 25.1 Å². The molecule has 1 aliphatic rings. The molecule has 0 spiro atoms. The van der Waals surface area contributed by atoms with Crippen molar-refractivity contribution >= 4 is 46.0 Å². The van der Waals surface area contributed by atoms with Crippen molar-refractivity contribution in [3.05, 3.63) is 57.6 Å². The molecule has 2 aromatic carbocycles. The maximum Gasteiger partial charge on any atom is 0.171 e. The van der Waals surface area contributed by atoms with E-state index in [2.05, 4.69) is 11.1 Å². The van der Waals surface area contributed by atoms with Crippen LogP contribution in [0, 0.1) is 6.92 Å². The summed E-state index contributed by atoms with van der Waals surface area (Å²) in [6.07, 6.45) is -4.23. The lowest BCUT2D eigenvalue weighted by molar-refractivity contribution is -0.0546. The van der Waals surface area contributed by atoms with E-state index in [0.717, 1.165) is 5.56 Å². The van der Waals surface area contributed by atoms with E-state index in [1.165, 1.54) is 17.3 Å². The Balaban J connectivity index is 1.76. The normalized spacial score (nSPS) is 24.5. The Morgan fingerprint density at radius 1 is 1.14 bits per heavy atom. The molecule has 154 valence electrons. The van der Waals surface area contributed by atoms with Gasteiger partial charge in [0.2, 0.25) is 0 Å². The summed E-state index contributed by atoms with van der Waals surface area (Å²) >= 11 is 13.8. The van der Waals surface area contributed by atoms with E-state index >= 15 is 0 Å². The van der Waals surface area contributed by atoms with Crippen molar-refractivity contribution in [3.8, 4) is 0 Å². The van der Waals surface area contributed by atoms with Crippen molar-refractivity contribution < 1.29 is 20.1 Å². The van der Waals surface area contributed by atoms with E-state index in [-0.39, 0.29) is 0 Å². The predicted molar refractivity (Wildman–Crippen MR) is 114 cm³/mol. The number of rotatable bonds is 5. The highest BCUT2D eigenvalue weighted by molar-refractivity contribution is 7.98. The minimum absolute atomic E-state index is 0.349. The number of ether oxygens (including phenoxy) is 1. The third-order valence-corrected chi connectivity index (χ3v) is 6.67. The van der Waals surface area contributed by atoms with Gasteiger partial charge in [0.1, 0.15) is 18.3 Å². The van der Waals surface area contributed by atoms with Crippen molar-refractivity contribution in [3.63, 3.8) is 0 Å². The maximum absolute atomic E-state index is 10.6. The summed E-state index contributed by atoms with van der Waals surface area (Å²) < 4.78 is 7.46. The van der Waals surface area contributed by atoms with Gasteiger partial charge in [-0.15, -0.1) is 0 Å². The Morgan fingerprint density at radius 3 is 2.59 bits per heavy atom. The second-order valence-electron chi connectivity index (χ2n) is 7.03. The summed E-state index contributed by atoms with van der Waals surface area (Å²) in [7, 11) is 0. The van der Waals surface area contributed by atoms with E-state index in [9.17, 15) is 15.3 Å². The van der Waals surface area contributed by atoms with Crippen molar-refractivity contribution in [1.29, 1.82) is 0 Å². The number of nitrogens with zero attached hydrogens (tertiary/aromatic N) is 2. The smallest absolute Gasteiger partial charge is 0.171 e. The third kappa shape index (κ3) is 4.01. The first-order chi connectivity index (χ1) is 13.9. The molecular formula is C20H20Cl2N2O4S. The molecule has 0 radical (unpaired) electrons. The lowest BCUT2D eigenvalue weighted by Gasteiger charge is -2.20. The summed E-state index contributed by atoms with van der Waals surface area (Å²) in [6.45, 7) is 1.63. The number of aliphatic hydroxyl groups excluding tert-OH is 3. The van der Waals surface area contributed by atoms with Gasteiger partial charge in [-0.2, -0.15) is 0 Å². The number of aliphatic hydroxyl groups is 3. The number of thioether (sulfide) groups is 1. The highest BCUT2D eigenvalue weighted by atomic mass is 35.5. The molecule has 29 heavy (non-hydrogen) atoms. The van der Waals surface area contributed by atoms with Crippen LogP contribution < -0.4 is 0 Å². The zero-order chi connectivity index (χ0) is 20.7. The van der Waals surface area contributed by atoms with Crippen LogP contribution in [0.3, 0.4) is 0 Å². The topological polar surface area (TPSA) is 87.7 Å². The summed E-state index contributed by atoms with van der Waals surface area (Å²) in [4.78, 5) is 4.65. The summed E-state index contributed by atoms with van der Waals surface area (Å²) in [6, 6.07) is 11.5. The fourth-order valence-corrected chi connectivity index (χ4v) is 4.75. The standard InChI is InChI=1S/C20H20Cl2N2O4S/c1-10-3-2-4-11(5-10)9-29-20-23-14-6-12(21)13(22)7-15(14)24(20)19-18(27)17(26)16(8-25)28-19/h2-7,16-19,25-27H,8-9H2,1H3/t16-,17-,18-,19?/m1/s1. The van der Waals surface area contributed by atoms with Gasteiger partial charge in [-0.05, 0) is 24.6 Å². The molecule has 1 unspecified atom stereocenters. The van der Waals surface area contributed by atoms with Crippen molar-refractivity contribution in [1.82, 2.24) is 9.55 Å². The zero-order valence-corrected chi connectivity index (χ0v) is 17.8. The molecule has 4 rings (SSSR count). The van der Waals surface area contributed by atoms with Crippen LogP contribution in [0.1, 0.15) is 17.4 Å². The first-order valence-electron chi connectivity index (χ1n) is 9.07. The lowest BCUT2D eigenvalue weighted by atomic mass is 10.1. The monoisotopic (exact) mass is 454 g/mol. The Labute approximate surface area is 182 Å². The summed E-state index contributed by atoms with van der Waals surface area (Å²) in [5.41, 5.74) is 3.52. The van der Waals surface area contributed by atoms with Gasteiger partial charge in [0.25, 0.3) is 0 Å². The summed E-state index contributed by atoms with van der Waals surface area (Å²) in [5, 5.41) is 31.5. The average Bonchev–Trinajstić information content (AvgIpc) is 3.17. The lowest BCUT2D eigenvalue weighted by Crippen LogP contribution is -2.33. The molecule has 3 aromatic rings. The Kier molecular flexibility index (Phi) is 6.09. The number of aryl methyl sites for hydroxylation is 1. The van der Waals surface area contributed by atoms with Gasteiger partial charge in [0.15, 0.2) is 11.4 Å². The van der Waals surface area contributed by atoms with E-state index in [4.69, 9.17) is 27.9 Å². The highest BCUT2D eigenvalue weighted by Crippen LogP contribution is 2.39. The second kappa shape index (κ2) is 8.43. The van der Waals surface area contributed by atoms with Crippen LogP contribution in [0.25, 0.3) is 11.0 Å². The van der Waals surface area contributed by atoms with Gasteiger partial charge in [-0.1, -0.05) is 64.8 Å². The van der Waals surface area contributed by atoms with Crippen molar-refractivity contribution in [2.75, 3.05) is 6.61 Å². The molecule has 1 aromatic heterocycles. The predicted octanol–water partition coefficient (Wildman–Crippen LogP) is 3.56. The Hall–Kier alpha value is -1.32. The van der Waals surface area contributed by atoms with Gasteiger partial charge in [-0.3, -0.25) is 4.57 Å². The number of benzene rings is 2. The van der Waals surface area contributed by atoms with Crippen molar-refractivity contribution in [2.24, 2.45) is 0 Å². The zero-order valence-electron chi connectivity index (χ0n) is 15.5. The van der Waals surface area contributed by atoms with Gasteiger partial charge in [0.05, 0.1) is 27.7 Å². The Bertz CT molecular complexity index is 1040. The molecule has 4 atom stereocenters. The molecule has 1 aliphatic heterocycles. The van der Waals surface area contributed by atoms with Crippen LogP contribution in [0.2, 0.25) is 10.0 Å². The number of fused-ring (bicyclic) bond motifs is 1. The average molecular weight is 455 g/mol. The van der Waals surface area contributed by atoms with Crippen LogP contribution in [0.4, 0.5) is 0 Å². The largest absolute Gasteiger partial charge is 0.394 e. The molecule has 6 nitrogen and oxygen atoms in total. The van der Waals surface area contributed by atoms with Gasteiger partial charge < -0.3 is 20.1 Å². The Morgan fingerprint density at radius 2 is 1.90 bits per heavy atom. The molecule has 0 aliphatic carbocycles. The quantitative estimate of drug-likeness (QED) is 0.510. The molecule has 1 saturated heterocycles. The highest BCUT2D eigenvalue weighted by Gasteiger charge is 2.44. The fourth-order valence-electron chi connectivity index (χ4n) is 3.46. The molecule has 0 bridgehead atoms. The number of halogens is 2. The van der Waals surface area contributed by atoms with Crippen LogP contribution in [-0.4, -0.2) is 49.8 Å². The third-order valence-electron chi connectivity index (χ3n) is 4.92. The first-order valence-corrected chi connectivity index (χ1v) is 10.8. The molecular weight excluding hydrogens is 435 g/mol. The fraction of sp³-hybridized carbons (Fsp3) is 0.350. The van der Waals surface area contributed by atoms with Gasteiger partial charge >= 0.3 is 0 Å². The number of imidazole rings is 1.